The summed E-state index contributed by atoms with van der Waals surface area (Å²) in [5, 5.41) is 9.79. The maximum absolute atomic E-state index is 9.68. The van der Waals surface area contributed by atoms with Crippen molar-refractivity contribution in [2.24, 2.45) is 5.92 Å². The Kier molecular flexibility index (Phi) is 8.36. The molecule has 172 valence electrons. The zero-order chi connectivity index (χ0) is 22.6. The monoisotopic (exact) mass is 436 g/mol. The smallest absolute Gasteiger partial charge is 0.192 e. The molecule has 1 aliphatic heterocycles. The first-order valence-corrected chi connectivity index (χ1v) is 14.4. The lowest BCUT2D eigenvalue weighted by atomic mass is 9.84. The molecule has 1 N–H and O–H groups in total. The SMILES string of the molecule is CC(C)[C@@]1(CCO)CC[C@](C)([C@H](COCc2ccccc2)O[Si](C)(C)C(C)(C)C)O1. The van der Waals surface area contributed by atoms with Gasteiger partial charge in [0, 0.05) is 6.61 Å². The molecule has 0 bridgehead atoms. The first-order chi connectivity index (χ1) is 13.9. The highest BCUT2D eigenvalue weighted by Crippen LogP contribution is 2.48. The molecule has 1 aromatic rings. The van der Waals surface area contributed by atoms with E-state index in [1.54, 1.807) is 0 Å². The van der Waals surface area contributed by atoms with Crippen molar-refractivity contribution in [1.29, 1.82) is 0 Å². The molecule has 1 fully saturated rings. The lowest BCUT2D eigenvalue weighted by Crippen LogP contribution is -2.54. The van der Waals surface area contributed by atoms with Gasteiger partial charge < -0.3 is 19.0 Å². The van der Waals surface area contributed by atoms with Gasteiger partial charge in [0.05, 0.1) is 30.5 Å². The van der Waals surface area contributed by atoms with Crippen LogP contribution in [0.25, 0.3) is 0 Å². The second-order valence-corrected chi connectivity index (χ2v) is 15.7. The maximum Gasteiger partial charge on any atom is 0.192 e. The summed E-state index contributed by atoms with van der Waals surface area (Å²) in [6.45, 7) is 19.2. The predicted octanol–water partition coefficient (Wildman–Crippen LogP) is 5.94. The lowest BCUT2D eigenvalue weighted by molar-refractivity contribution is -0.176. The largest absolute Gasteiger partial charge is 0.409 e. The second-order valence-electron chi connectivity index (χ2n) is 11.0. The minimum Gasteiger partial charge on any atom is -0.409 e. The Labute approximate surface area is 185 Å². The highest BCUT2D eigenvalue weighted by molar-refractivity contribution is 6.74. The van der Waals surface area contributed by atoms with Crippen LogP contribution in [0.5, 0.6) is 0 Å². The molecular weight excluding hydrogens is 392 g/mol. The average molecular weight is 437 g/mol. The highest BCUT2D eigenvalue weighted by Gasteiger charge is 2.54. The van der Waals surface area contributed by atoms with Gasteiger partial charge in [-0.1, -0.05) is 65.0 Å². The van der Waals surface area contributed by atoms with Crippen LogP contribution in [0.1, 0.15) is 66.4 Å². The van der Waals surface area contributed by atoms with Crippen LogP contribution in [0.3, 0.4) is 0 Å². The minimum atomic E-state index is -2.01. The van der Waals surface area contributed by atoms with Crippen LogP contribution in [-0.4, -0.2) is 43.9 Å². The zero-order valence-corrected chi connectivity index (χ0v) is 21.5. The molecule has 1 saturated heterocycles. The number of ether oxygens (including phenoxy) is 2. The molecule has 0 radical (unpaired) electrons. The van der Waals surface area contributed by atoms with Crippen LogP contribution in [0, 0.1) is 5.92 Å². The van der Waals surface area contributed by atoms with Gasteiger partial charge in [0.25, 0.3) is 0 Å². The fourth-order valence-corrected chi connectivity index (χ4v) is 5.42. The van der Waals surface area contributed by atoms with Gasteiger partial charge in [-0.05, 0) is 55.8 Å². The Morgan fingerprint density at radius 3 is 2.30 bits per heavy atom. The summed E-state index contributed by atoms with van der Waals surface area (Å²) in [4.78, 5) is 0. The second kappa shape index (κ2) is 9.82. The van der Waals surface area contributed by atoms with Gasteiger partial charge in [-0.2, -0.15) is 0 Å². The van der Waals surface area contributed by atoms with Crippen molar-refractivity contribution in [3.63, 3.8) is 0 Å². The van der Waals surface area contributed by atoms with Gasteiger partial charge in [-0.15, -0.1) is 0 Å². The Hall–Kier alpha value is -0.723. The van der Waals surface area contributed by atoms with Crippen LogP contribution in [-0.2, 0) is 20.5 Å². The van der Waals surface area contributed by atoms with Crippen molar-refractivity contribution < 1.29 is 19.0 Å². The summed E-state index contributed by atoms with van der Waals surface area (Å²) >= 11 is 0. The Morgan fingerprint density at radius 1 is 1.13 bits per heavy atom. The van der Waals surface area contributed by atoms with Gasteiger partial charge in [0.1, 0.15) is 0 Å². The molecular formula is C25H44O4Si. The van der Waals surface area contributed by atoms with E-state index in [-0.39, 0.29) is 23.4 Å². The van der Waals surface area contributed by atoms with Crippen LogP contribution in [0.4, 0.5) is 0 Å². The van der Waals surface area contributed by atoms with E-state index in [0.717, 1.165) is 18.4 Å². The molecule has 0 saturated carbocycles. The topological polar surface area (TPSA) is 47.9 Å². The molecule has 0 aromatic heterocycles. The summed E-state index contributed by atoms with van der Waals surface area (Å²) in [5.74, 6) is 0.338. The Balaban J connectivity index is 2.21. The van der Waals surface area contributed by atoms with E-state index in [1.807, 2.05) is 18.2 Å². The molecule has 2 rings (SSSR count). The lowest BCUT2D eigenvalue weighted by Gasteiger charge is -2.45. The summed E-state index contributed by atoms with van der Waals surface area (Å²) in [5.41, 5.74) is 0.446. The number of hydrogen-bond donors (Lipinski definition) is 1. The summed E-state index contributed by atoms with van der Waals surface area (Å²) in [7, 11) is -2.01. The van der Waals surface area contributed by atoms with Crippen LogP contribution in [0.15, 0.2) is 30.3 Å². The highest BCUT2D eigenvalue weighted by atomic mass is 28.4. The molecule has 0 aliphatic carbocycles. The van der Waals surface area contributed by atoms with E-state index in [9.17, 15) is 5.11 Å². The van der Waals surface area contributed by atoms with E-state index in [4.69, 9.17) is 13.9 Å². The first-order valence-electron chi connectivity index (χ1n) is 11.5. The Morgan fingerprint density at radius 2 is 1.77 bits per heavy atom. The molecule has 5 heteroatoms. The van der Waals surface area contributed by atoms with Crippen LogP contribution < -0.4 is 0 Å². The summed E-state index contributed by atoms with van der Waals surface area (Å²) in [6, 6.07) is 10.3. The van der Waals surface area contributed by atoms with Crippen molar-refractivity contribution in [2.75, 3.05) is 13.2 Å². The zero-order valence-electron chi connectivity index (χ0n) is 20.5. The van der Waals surface area contributed by atoms with Crippen molar-refractivity contribution in [1.82, 2.24) is 0 Å². The number of aliphatic hydroxyl groups excluding tert-OH is 1. The molecule has 4 nitrogen and oxygen atoms in total. The number of rotatable bonds is 10. The fourth-order valence-electron chi connectivity index (χ4n) is 4.04. The van der Waals surface area contributed by atoms with E-state index in [2.05, 4.69) is 66.8 Å². The molecule has 0 spiro atoms. The van der Waals surface area contributed by atoms with Gasteiger partial charge in [-0.3, -0.25) is 0 Å². The predicted molar refractivity (Wildman–Crippen MR) is 126 cm³/mol. The van der Waals surface area contributed by atoms with Gasteiger partial charge >= 0.3 is 0 Å². The van der Waals surface area contributed by atoms with Gasteiger partial charge in [0.2, 0.25) is 0 Å². The quantitative estimate of drug-likeness (QED) is 0.461. The van der Waals surface area contributed by atoms with E-state index in [0.29, 0.717) is 25.6 Å². The minimum absolute atomic E-state index is 0.111. The summed E-state index contributed by atoms with van der Waals surface area (Å²) in [6.07, 6.45) is 2.39. The Bertz CT molecular complexity index is 655. The standard InChI is InChI=1S/C25H44O4Si/c1-20(2)25(16-17-26)15-14-24(6,29-25)22(28-30(7,8)23(3,4)5)19-27-18-21-12-10-9-11-13-21/h9-13,20,22,26H,14-19H2,1-8H3/t22-,24+,25-/m0/s1. The number of aliphatic hydroxyl groups is 1. The number of hydrogen-bond acceptors (Lipinski definition) is 4. The molecule has 1 aromatic carbocycles. The maximum atomic E-state index is 9.68. The van der Waals surface area contributed by atoms with Crippen LogP contribution >= 0.6 is 0 Å². The molecule has 0 amide bonds. The average Bonchev–Trinajstić information content (AvgIpc) is 3.00. The van der Waals surface area contributed by atoms with Crippen molar-refractivity contribution >= 4 is 8.32 Å². The first kappa shape index (κ1) is 25.5. The third kappa shape index (κ3) is 5.95. The van der Waals surface area contributed by atoms with E-state index < -0.39 is 13.9 Å². The third-order valence-corrected chi connectivity index (χ3v) is 11.9. The third-order valence-electron chi connectivity index (χ3n) is 7.37. The number of benzene rings is 1. The molecule has 1 aliphatic rings. The van der Waals surface area contributed by atoms with Crippen molar-refractivity contribution in [2.45, 2.75) is 103 Å². The molecule has 1 heterocycles. The van der Waals surface area contributed by atoms with Gasteiger partial charge in [0.15, 0.2) is 8.32 Å². The van der Waals surface area contributed by atoms with E-state index in [1.165, 1.54) is 0 Å². The van der Waals surface area contributed by atoms with Crippen LogP contribution in [0.2, 0.25) is 18.1 Å². The fraction of sp³-hybridized carbons (Fsp3) is 0.760. The van der Waals surface area contributed by atoms with Crippen molar-refractivity contribution in [3.8, 4) is 0 Å². The summed E-state index contributed by atoms with van der Waals surface area (Å²) < 4.78 is 19.9. The van der Waals surface area contributed by atoms with Gasteiger partial charge in [-0.25, -0.2) is 0 Å². The normalized spacial score (nSPS) is 26.3. The molecule has 0 unspecified atom stereocenters. The van der Waals surface area contributed by atoms with Crippen molar-refractivity contribution in [3.05, 3.63) is 35.9 Å². The molecule has 30 heavy (non-hydrogen) atoms. The molecule has 3 atom stereocenters. The van der Waals surface area contributed by atoms with E-state index >= 15 is 0 Å².